The van der Waals surface area contributed by atoms with Crippen LogP contribution in [0.1, 0.15) is 57.8 Å². The Morgan fingerprint density at radius 3 is 2.82 bits per heavy atom. The van der Waals surface area contributed by atoms with Gasteiger partial charge in [0, 0.05) is 20.0 Å². The van der Waals surface area contributed by atoms with Gasteiger partial charge in [-0.1, -0.05) is 12.1 Å². The van der Waals surface area contributed by atoms with Gasteiger partial charge in [-0.25, -0.2) is 14.4 Å². The number of oxazole rings is 1. The molecule has 4 heterocycles. The third kappa shape index (κ3) is 3.97. The molecular formula is C24H23FN4O3S. The fourth-order valence-corrected chi connectivity index (χ4v) is 5.43. The molecule has 1 fully saturated rings. The molecule has 0 radical (unpaired) electrons. The molecule has 0 bridgehead atoms. The van der Waals surface area contributed by atoms with Crippen molar-refractivity contribution < 1.29 is 13.6 Å². The summed E-state index contributed by atoms with van der Waals surface area (Å²) in [6, 6.07) is 6.01. The number of rotatable bonds is 4. The van der Waals surface area contributed by atoms with Crippen LogP contribution in [-0.2, 0) is 13.5 Å². The number of benzene rings is 1. The van der Waals surface area contributed by atoms with E-state index in [0.29, 0.717) is 45.3 Å². The highest BCUT2D eigenvalue weighted by Crippen LogP contribution is 2.35. The maximum Gasteiger partial charge on any atom is 0.264 e. The SMILES string of the molecule is Cc1c(C(=O)N2CCCC[C@@H]2c2ncc(Cc3ccc(F)cc3)o2)sc2ncn(C)c(=O)c12. The first kappa shape index (κ1) is 21.5. The van der Waals surface area contributed by atoms with Gasteiger partial charge in [0.1, 0.15) is 22.4 Å². The topological polar surface area (TPSA) is 81.2 Å². The first-order valence-electron chi connectivity index (χ1n) is 10.9. The highest BCUT2D eigenvalue weighted by atomic mass is 32.1. The van der Waals surface area contributed by atoms with Crippen LogP contribution in [-0.4, -0.2) is 31.9 Å². The van der Waals surface area contributed by atoms with Crippen molar-refractivity contribution in [3.05, 3.63) is 80.6 Å². The highest BCUT2D eigenvalue weighted by molar-refractivity contribution is 7.20. The summed E-state index contributed by atoms with van der Waals surface area (Å²) in [6.45, 7) is 2.40. The maximum atomic E-state index is 13.6. The molecule has 1 aliphatic rings. The summed E-state index contributed by atoms with van der Waals surface area (Å²) in [5.41, 5.74) is 1.44. The van der Waals surface area contributed by atoms with E-state index in [2.05, 4.69) is 9.97 Å². The summed E-state index contributed by atoms with van der Waals surface area (Å²) in [6.07, 6.45) is 6.28. The van der Waals surface area contributed by atoms with Gasteiger partial charge in [0.05, 0.1) is 22.8 Å². The van der Waals surface area contributed by atoms with E-state index in [4.69, 9.17) is 4.42 Å². The van der Waals surface area contributed by atoms with Crippen molar-refractivity contribution in [2.45, 2.75) is 38.6 Å². The van der Waals surface area contributed by atoms with E-state index in [1.54, 1.807) is 37.2 Å². The third-order valence-corrected chi connectivity index (χ3v) is 7.30. The van der Waals surface area contributed by atoms with E-state index in [-0.39, 0.29) is 23.3 Å². The summed E-state index contributed by atoms with van der Waals surface area (Å²) in [4.78, 5) is 37.9. The predicted octanol–water partition coefficient (Wildman–Crippen LogP) is 4.39. The molecule has 9 heteroatoms. The van der Waals surface area contributed by atoms with Crippen molar-refractivity contribution in [2.75, 3.05) is 6.54 Å². The number of carbonyl (C=O) groups excluding carboxylic acids is 1. The molecule has 5 rings (SSSR count). The Morgan fingerprint density at radius 1 is 1.24 bits per heavy atom. The highest BCUT2D eigenvalue weighted by Gasteiger charge is 2.34. The quantitative estimate of drug-likeness (QED) is 0.446. The number of amides is 1. The van der Waals surface area contributed by atoms with Crippen LogP contribution in [0.5, 0.6) is 0 Å². The van der Waals surface area contributed by atoms with Crippen LogP contribution < -0.4 is 5.56 Å². The normalized spacial score (nSPS) is 16.5. The number of thiophene rings is 1. The Bertz CT molecular complexity index is 1390. The second-order valence-electron chi connectivity index (χ2n) is 8.38. The number of hydrogen-bond donors (Lipinski definition) is 0. The van der Waals surface area contributed by atoms with Gasteiger partial charge in [0.25, 0.3) is 11.5 Å². The minimum absolute atomic E-state index is 0.125. The molecule has 1 amide bonds. The molecule has 0 N–H and O–H groups in total. The average molecular weight is 467 g/mol. The van der Waals surface area contributed by atoms with E-state index < -0.39 is 0 Å². The van der Waals surface area contributed by atoms with Crippen molar-refractivity contribution in [2.24, 2.45) is 7.05 Å². The average Bonchev–Trinajstić information content (AvgIpc) is 3.42. The number of nitrogens with zero attached hydrogens (tertiary/aromatic N) is 4. The molecule has 33 heavy (non-hydrogen) atoms. The summed E-state index contributed by atoms with van der Waals surface area (Å²) in [7, 11) is 1.65. The van der Waals surface area contributed by atoms with Crippen LogP contribution in [0, 0.1) is 12.7 Å². The number of aryl methyl sites for hydroxylation is 2. The van der Waals surface area contributed by atoms with Crippen molar-refractivity contribution in [3.8, 4) is 0 Å². The number of aromatic nitrogens is 3. The molecule has 0 aliphatic carbocycles. The van der Waals surface area contributed by atoms with E-state index in [0.717, 1.165) is 24.8 Å². The maximum absolute atomic E-state index is 13.6. The molecule has 0 unspecified atom stereocenters. The van der Waals surface area contributed by atoms with Crippen molar-refractivity contribution >= 4 is 27.5 Å². The fraction of sp³-hybridized carbons (Fsp3) is 0.333. The standard InChI is InChI=1S/C24H23FN4O3S/c1-14-19-22(27-13-28(2)23(19)30)33-20(14)24(31)29-10-4-3-5-18(29)21-26-12-17(32-21)11-15-6-8-16(25)9-7-15/h6-9,12-13,18H,3-5,10-11H2,1-2H3/t18-/m1/s1. The molecule has 1 saturated heterocycles. The van der Waals surface area contributed by atoms with Gasteiger partial charge >= 0.3 is 0 Å². The van der Waals surface area contributed by atoms with Gasteiger partial charge < -0.3 is 13.9 Å². The van der Waals surface area contributed by atoms with Gasteiger partial charge in [-0.3, -0.25) is 9.59 Å². The molecule has 1 atom stereocenters. The lowest BCUT2D eigenvalue weighted by Gasteiger charge is -2.33. The smallest absolute Gasteiger partial charge is 0.264 e. The van der Waals surface area contributed by atoms with Crippen molar-refractivity contribution in [1.29, 1.82) is 0 Å². The number of likely N-dealkylation sites (tertiary alicyclic amines) is 1. The summed E-state index contributed by atoms with van der Waals surface area (Å²) in [5, 5.41) is 0.500. The van der Waals surface area contributed by atoms with Gasteiger partial charge in [0.2, 0.25) is 5.89 Å². The Kier molecular flexibility index (Phi) is 5.57. The Balaban J connectivity index is 1.43. The number of halogens is 1. The Labute approximate surface area is 193 Å². The van der Waals surface area contributed by atoms with E-state index >= 15 is 0 Å². The van der Waals surface area contributed by atoms with Crippen LogP contribution in [0.4, 0.5) is 4.39 Å². The predicted molar refractivity (Wildman–Crippen MR) is 123 cm³/mol. The summed E-state index contributed by atoms with van der Waals surface area (Å²) in [5.74, 6) is 0.770. The monoisotopic (exact) mass is 466 g/mol. The molecule has 0 spiro atoms. The lowest BCUT2D eigenvalue weighted by atomic mass is 10.0. The second kappa shape index (κ2) is 8.55. The largest absolute Gasteiger partial charge is 0.443 e. The zero-order valence-electron chi connectivity index (χ0n) is 18.4. The first-order valence-corrected chi connectivity index (χ1v) is 11.7. The Hall–Kier alpha value is -3.33. The molecule has 170 valence electrons. The van der Waals surface area contributed by atoms with Crippen LogP contribution in [0.25, 0.3) is 10.2 Å². The van der Waals surface area contributed by atoms with Gasteiger partial charge in [0.15, 0.2) is 0 Å². The number of carbonyl (C=O) groups is 1. The second-order valence-corrected chi connectivity index (χ2v) is 9.37. The minimum atomic E-state index is -0.280. The zero-order chi connectivity index (χ0) is 23.1. The lowest BCUT2D eigenvalue weighted by Crippen LogP contribution is -2.38. The van der Waals surface area contributed by atoms with Crippen LogP contribution in [0.3, 0.4) is 0 Å². The molecule has 7 nitrogen and oxygen atoms in total. The third-order valence-electron chi connectivity index (χ3n) is 6.12. The zero-order valence-corrected chi connectivity index (χ0v) is 19.2. The van der Waals surface area contributed by atoms with E-state index in [1.807, 2.05) is 0 Å². The number of fused-ring (bicyclic) bond motifs is 1. The fourth-order valence-electron chi connectivity index (χ4n) is 4.34. The Morgan fingerprint density at radius 2 is 2.03 bits per heavy atom. The van der Waals surface area contributed by atoms with Crippen molar-refractivity contribution in [3.63, 3.8) is 0 Å². The van der Waals surface area contributed by atoms with Crippen LogP contribution in [0.2, 0.25) is 0 Å². The molecule has 3 aromatic heterocycles. The summed E-state index contributed by atoms with van der Waals surface area (Å²) < 4.78 is 20.6. The van der Waals surface area contributed by atoms with E-state index in [9.17, 15) is 14.0 Å². The molecule has 0 saturated carbocycles. The van der Waals surface area contributed by atoms with Crippen LogP contribution >= 0.6 is 11.3 Å². The van der Waals surface area contributed by atoms with Gasteiger partial charge in [-0.2, -0.15) is 0 Å². The molecule has 4 aromatic rings. The minimum Gasteiger partial charge on any atom is -0.443 e. The molecular weight excluding hydrogens is 443 g/mol. The number of piperidine rings is 1. The molecule has 1 aliphatic heterocycles. The summed E-state index contributed by atoms with van der Waals surface area (Å²) >= 11 is 1.26. The van der Waals surface area contributed by atoms with Crippen molar-refractivity contribution in [1.82, 2.24) is 19.4 Å². The molecule has 1 aromatic carbocycles. The van der Waals surface area contributed by atoms with E-state index in [1.165, 1.54) is 34.4 Å². The van der Waals surface area contributed by atoms with Gasteiger partial charge in [-0.15, -0.1) is 11.3 Å². The first-order chi connectivity index (χ1) is 15.9. The van der Waals surface area contributed by atoms with Gasteiger partial charge in [-0.05, 0) is 49.4 Å². The lowest BCUT2D eigenvalue weighted by molar-refractivity contribution is 0.0574. The number of hydrogen-bond acceptors (Lipinski definition) is 6. The van der Waals surface area contributed by atoms with Crippen LogP contribution in [0.15, 0.2) is 46.0 Å².